The smallest absolute Gasteiger partial charge is 0.229 e. The maximum atomic E-state index is 14.0. The molecule has 6 aromatic rings. The molecule has 40 heavy (non-hydrogen) atoms. The first kappa shape index (κ1) is 25.2. The number of nitrogens with one attached hydrogen (secondary N) is 3. The number of phenolic OH excluding ortho intramolecular Hbond substituents is 1. The molecule has 0 aliphatic carbocycles. The molecule has 0 atom stereocenters. The number of rotatable bonds is 4. The van der Waals surface area contributed by atoms with Gasteiger partial charge < -0.3 is 15.4 Å². The fraction of sp³-hybridized carbons (Fsp3) is 0.161. The molecule has 0 unspecified atom stereocenters. The molecule has 0 fully saturated rings. The van der Waals surface area contributed by atoms with Crippen LogP contribution in [0.25, 0.3) is 55.6 Å². The molecule has 0 aliphatic heterocycles. The first-order valence-electron chi connectivity index (χ1n) is 12.8. The van der Waals surface area contributed by atoms with Gasteiger partial charge in [0.1, 0.15) is 17.3 Å². The van der Waals surface area contributed by atoms with Gasteiger partial charge in [0, 0.05) is 45.3 Å². The van der Waals surface area contributed by atoms with Crippen LogP contribution in [0, 0.1) is 18.2 Å². The number of phenols is 1. The van der Waals surface area contributed by atoms with Crippen LogP contribution in [0.15, 0.2) is 67.1 Å². The largest absolute Gasteiger partial charge is 0.508 e. The van der Waals surface area contributed by atoms with E-state index in [9.17, 15) is 14.3 Å². The summed E-state index contributed by atoms with van der Waals surface area (Å²) < 4.78 is 14.0. The third-order valence-corrected chi connectivity index (χ3v) is 6.75. The number of halogens is 1. The van der Waals surface area contributed by atoms with Crippen molar-refractivity contribution in [2.24, 2.45) is 5.41 Å². The quantitative estimate of drug-likeness (QED) is 0.195. The Labute approximate surface area is 229 Å². The van der Waals surface area contributed by atoms with Crippen LogP contribution >= 0.6 is 0 Å². The van der Waals surface area contributed by atoms with Crippen LogP contribution in [0.5, 0.6) is 5.75 Å². The molecule has 0 aliphatic rings. The lowest BCUT2D eigenvalue weighted by Crippen LogP contribution is -2.27. The third kappa shape index (κ3) is 4.66. The van der Waals surface area contributed by atoms with E-state index in [4.69, 9.17) is 0 Å². The van der Waals surface area contributed by atoms with Crippen molar-refractivity contribution in [2.45, 2.75) is 27.7 Å². The number of fused-ring (bicyclic) bond motifs is 2. The Morgan fingerprint density at radius 1 is 0.925 bits per heavy atom. The van der Waals surface area contributed by atoms with Crippen molar-refractivity contribution in [1.29, 1.82) is 0 Å². The number of carbonyl (C=O) groups excluding carboxylic acids is 1. The minimum Gasteiger partial charge on any atom is -0.508 e. The Morgan fingerprint density at radius 3 is 2.52 bits per heavy atom. The Balaban J connectivity index is 1.42. The molecule has 0 saturated carbocycles. The van der Waals surface area contributed by atoms with Gasteiger partial charge >= 0.3 is 0 Å². The molecule has 4 aromatic heterocycles. The first-order valence-corrected chi connectivity index (χ1v) is 12.8. The molecule has 200 valence electrons. The van der Waals surface area contributed by atoms with Crippen LogP contribution in [0.3, 0.4) is 0 Å². The fourth-order valence-electron chi connectivity index (χ4n) is 4.74. The van der Waals surface area contributed by atoms with Gasteiger partial charge in [-0.15, -0.1) is 0 Å². The summed E-state index contributed by atoms with van der Waals surface area (Å²) in [6.07, 6.45) is 5.08. The van der Waals surface area contributed by atoms with E-state index in [2.05, 4.69) is 30.5 Å². The number of hydrogen-bond acceptors (Lipinski definition) is 5. The molecule has 4 N–H and O–H groups in total. The Bertz CT molecular complexity index is 1910. The lowest BCUT2D eigenvalue weighted by molar-refractivity contribution is -0.123. The van der Waals surface area contributed by atoms with Crippen molar-refractivity contribution < 1.29 is 14.3 Å². The molecule has 0 spiro atoms. The Kier molecular flexibility index (Phi) is 5.87. The van der Waals surface area contributed by atoms with Gasteiger partial charge in [0.05, 0.1) is 34.8 Å². The summed E-state index contributed by atoms with van der Waals surface area (Å²) in [7, 11) is 0. The average Bonchev–Trinajstić information content (AvgIpc) is 3.50. The Hall–Kier alpha value is -5.05. The second-order valence-corrected chi connectivity index (χ2v) is 11.0. The van der Waals surface area contributed by atoms with E-state index < -0.39 is 11.2 Å². The summed E-state index contributed by atoms with van der Waals surface area (Å²) in [6, 6.07) is 13.7. The van der Waals surface area contributed by atoms with E-state index in [1.165, 1.54) is 12.1 Å². The van der Waals surface area contributed by atoms with E-state index >= 15 is 0 Å². The number of carbonyl (C=O) groups is 1. The number of hydrogen-bond donors (Lipinski definition) is 4. The van der Waals surface area contributed by atoms with E-state index in [0.29, 0.717) is 22.5 Å². The second kappa shape index (κ2) is 9.30. The normalized spacial score (nSPS) is 11.8. The molecular formula is C31H27FN6O2. The van der Waals surface area contributed by atoms with Crippen LogP contribution < -0.4 is 5.32 Å². The summed E-state index contributed by atoms with van der Waals surface area (Å²) in [5, 5.41) is 22.2. The summed E-state index contributed by atoms with van der Waals surface area (Å²) in [4.78, 5) is 24.9. The molecule has 6 rings (SSSR count). The van der Waals surface area contributed by atoms with Gasteiger partial charge in [0.25, 0.3) is 0 Å². The van der Waals surface area contributed by atoms with Crippen molar-refractivity contribution in [3.8, 4) is 39.5 Å². The molecule has 9 heteroatoms. The maximum Gasteiger partial charge on any atom is 0.229 e. The van der Waals surface area contributed by atoms with Gasteiger partial charge in [-0.3, -0.25) is 19.9 Å². The standard InChI is InChI=1S/C31H27FN6O2/c1-16-5-18(8-20(6-16)35-30(40)31(2,3)4)25-12-23-28(15-34-25)37-38-29(23)26-11-22-24(13-33-14-27(22)36-26)17-7-19(32)10-21(39)9-17/h5-15,36,39H,1-4H3,(H,35,40)(H,37,38). The molecule has 0 radical (unpaired) electrons. The summed E-state index contributed by atoms with van der Waals surface area (Å²) in [6.45, 7) is 7.60. The van der Waals surface area contributed by atoms with Crippen molar-refractivity contribution in [2.75, 3.05) is 5.32 Å². The average molecular weight is 535 g/mol. The van der Waals surface area contributed by atoms with E-state index in [1.54, 1.807) is 18.6 Å². The highest BCUT2D eigenvalue weighted by molar-refractivity contribution is 6.01. The number of benzene rings is 2. The molecule has 0 bridgehead atoms. The number of pyridine rings is 2. The molecule has 8 nitrogen and oxygen atoms in total. The SMILES string of the molecule is Cc1cc(NC(=O)C(C)(C)C)cc(-c2cc3c(-c4cc5c(-c6cc(O)cc(F)c6)cncc5[nH]4)n[nH]c3cn2)c1. The number of amides is 1. The predicted molar refractivity (Wildman–Crippen MR) is 154 cm³/mol. The van der Waals surface area contributed by atoms with Gasteiger partial charge in [-0.25, -0.2) is 4.39 Å². The summed E-state index contributed by atoms with van der Waals surface area (Å²) >= 11 is 0. The fourth-order valence-corrected chi connectivity index (χ4v) is 4.74. The number of anilines is 1. The highest BCUT2D eigenvalue weighted by Crippen LogP contribution is 2.36. The minimum atomic E-state index is -0.529. The van der Waals surface area contributed by atoms with Gasteiger partial charge in [0.15, 0.2) is 0 Å². The predicted octanol–water partition coefficient (Wildman–Crippen LogP) is 6.97. The van der Waals surface area contributed by atoms with Crippen molar-refractivity contribution in [3.05, 3.63) is 78.5 Å². The van der Waals surface area contributed by atoms with Crippen molar-refractivity contribution in [3.63, 3.8) is 0 Å². The van der Waals surface area contributed by atoms with Gasteiger partial charge in [0.2, 0.25) is 5.91 Å². The Morgan fingerprint density at radius 2 is 1.75 bits per heavy atom. The van der Waals surface area contributed by atoms with Crippen LogP contribution in [0.4, 0.5) is 10.1 Å². The first-order chi connectivity index (χ1) is 19.0. The zero-order valence-electron chi connectivity index (χ0n) is 22.4. The van der Waals surface area contributed by atoms with Crippen LogP contribution in [0.1, 0.15) is 26.3 Å². The molecule has 4 heterocycles. The topological polar surface area (TPSA) is 120 Å². The monoisotopic (exact) mass is 534 g/mol. The van der Waals surface area contributed by atoms with Crippen LogP contribution in [-0.4, -0.2) is 36.2 Å². The molecule has 0 saturated heterocycles. The lowest BCUT2D eigenvalue weighted by atomic mass is 9.95. The molecular weight excluding hydrogens is 507 g/mol. The minimum absolute atomic E-state index is 0.0642. The number of nitrogens with zero attached hydrogens (tertiary/aromatic N) is 3. The highest BCUT2D eigenvalue weighted by atomic mass is 19.1. The van der Waals surface area contributed by atoms with Crippen molar-refractivity contribution >= 4 is 33.4 Å². The number of aromatic nitrogens is 5. The maximum absolute atomic E-state index is 14.0. The molecule has 1 amide bonds. The molecule has 2 aromatic carbocycles. The van der Waals surface area contributed by atoms with Gasteiger partial charge in [-0.2, -0.15) is 5.10 Å². The zero-order chi connectivity index (χ0) is 28.2. The number of aromatic amines is 2. The van der Waals surface area contributed by atoms with Gasteiger partial charge in [-0.1, -0.05) is 20.8 Å². The van der Waals surface area contributed by atoms with Crippen molar-refractivity contribution in [1.82, 2.24) is 25.1 Å². The summed E-state index contributed by atoms with van der Waals surface area (Å²) in [5.74, 6) is -0.748. The van der Waals surface area contributed by atoms with Crippen LogP contribution in [-0.2, 0) is 4.79 Å². The summed E-state index contributed by atoms with van der Waals surface area (Å²) in [5.41, 5.74) is 6.95. The number of aryl methyl sites for hydroxylation is 1. The zero-order valence-corrected chi connectivity index (χ0v) is 22.4. The number of aromatic hydroxyl groups is 1. The second-order valence-electron chi connectivity index (χ2n) is 11.0. The number of H-pyrrole nitrogens is 2. The van der Waals surface area contributed by atoms with E-state index in [0.717, 1.165) is 50.4 Å². The third-order valence-electron chi connectivity index (χ3n) is 6.75. The van der Waals surface area contributed by atoms with E-state index in [-0.39, 0.29) is 11.7 Å². The van der Waals surface area contributed by atoms with Gasteiger partial charge in [-0.05, 0) is 60.5 Å². The highest BCUT2D eigenvalue weighted by Gasteiger charge is 2.22. The lowest BCUT2D eigenvalue weighted by Gasteiger charge is -2.18. The van der Waals surface area contributed by atoms with E-state index in [1.807, 2.05) is 58.0 Å². The van der Waals surface area contributed by atoms with Crippen LogP contribution in [0.2, 0.25) is 0 Å².